The predicted octanol–water partition coefficient (Wildman–Crippen LogP) is 3.72. The van der Waals surface area contributed by atoms with Crippen molar-refractivity contribution < 1.29 is 0 Å². The van der Waals surface area contributed by atoms with E-state index in [9.17, 15) is 0 Å². The third kappa shape index (κ3) is 3.29. The maximum atomic E-state index is 9.16. The molecule has 0 aliphatic heterocycles. The lowest BCUT2D eigenvalue weighted by Crippen LogP contribution is -2.00. The molecule has 0 amide bonds. The zero-order chi connectivity index (χ0) is 15.2. The molecule has 0 fully saturated rings. The SMILES string of the molecule is CN(C)/C=C/C(=C(C#N)C#N)c1ccc2ccccc2c1. The van der Waals surface area contributed by atoms with Crippen LogP contribution < -0.4 is 0 Å². The first kappa shape index (κ1) is 14.4. The fourth-order valence-electron chi connectivity index (χ4n) is 2.05. The number of hydrogen-bond donors (Lipinski definition) is 0. The van der Waals surface area contributed by atoms with Crippen molar-refractivity contribution >= 4 is 16.3 Å². The Morgan fingerprint density at radius 2 is 1.67 bits per heavy atom. The van der Waals surface area contributed by atoms with Gasteiger partial charge in [-0.3, -0.25) is 0 Å². The van der Waals surface area contributed by atoms with Crippen molar-refractivity contribution in [2.75, 3.05) is 14.1 Å². The minimum absolute atomic E-state index is 0.114. The van der Waals surface area contributed by atoms with Crippen LogP contribution in [0.3, 0.4) is 0 Å². The van der Waals surface area contributed by atoms with Crippen molar-refractivity contribution in [2.24, 2.45) is 0 Å². The number of benzene rings is 2. The van der Waals surface area contributed by atoms with Gasteiger partial charge in [-0.15, -0.1) is 0 Å². The van der Waals surface area contributed by atoms with Crippen LogP contribution in [0.5, 0.6) is 0 Å². The molecule has 102 valence electrons. The van der Waals surface area contributed by atoms with Crippen molar-refractivity contribution in [3.63, 3.8) is 0 Å². The molecule has 0 unspecified atom stereocenters. The summed E-state index contributed by atoms with van der Waals surface area (Å²) in [5.41, 5.74) is 1.62. The molecule has 3 nitrogen and oxygen atoms in total. The van der Waals surface area contributed by atoms with Crippen LogP contribution in [0.2, 0.25) is 0 Å². The average Bonchev–Trinajstić information content (AvgIpc) is 2.50. The van der Waals surface area contributed by atoms with Gasteiger partial charge >= 0.3 is 0 Å². The Bertz CT molecular complexity index is 783. The molecule has 0 saturated heterocycles. The molecule has 0 aromatic heterocycles. The van der Waals surface area contributed by atoms with Gasteiger partial charge in [0.2, 0.25) is 0 Å². The molecule has 2 rings (SSSR count). The molecule has 0 radical (unpaired) electrons. The van der Waals surface area contributed by atoms with Crippen molar-refractivity contribution in [3.8, 4) is 12.1 Å². The summed E-state index contributed by atoms with van der Waals surface area (Å²) in [7, 11) is 3.79. The molecular formula is C18H15N3. The Morgan fingerprint density at radius 3 is 2.29 bits per heavy atom. The van der Waals surface area contributed by atoms with E-state index in [-0.39, 0.29) is 5.57 Å². The highest BCUT2D eigenvalue weighted by Crippen LogP contribution is 2.24. The quantitative estimate of drug-likeness (QED) is 0.632. The molecular weight excluding hydrogens is 258 g/mol. The zero-order valence-electron chi connectivity index (χ0n) is 12.0. The predicted molar refractivity (Wildman–Crippen MR) is 84.9 cm³/mol. The van der Waals surface area contributed by atoms with E-state index in [4.69, 9.17) is 10.5 Å². The van der Waals surface area contributed by atoms with Crippen LogP contribution in [0.1, 0.15) is 5.56 Å². The van der Waals surface area contributed by atoms with Gasteiger partial charge in [0.25, 0.3) is 0 Å². The van der Waals surface area contributed by atoms with E-state index in [1.54, 1.807) is 6.08 Å². The fourth-order valence-corrected chi connectivity index (χ4v) is 2.05. The topological polar surface area (TPSA) is 50.8 Å². The van der Waals surface area contributed by atoms with Gasteiger partial charge in [-0.05, 0) is 34.7 Å². The van der Waals surface area contributed by atoms with Crippen LogP contribution >= 0.6 is 0 Å². The average molecular weight is 273 g/mol. The van der Waals surface area contributed by atoms with Gasteiger partial charge in [-0.1, -0.05) is 36.4 Å². The molecule has 0 spiro atoms. The zero-order valence-corrected chi connectivity index (χ0v) is 12.0. The molecule has 0 aliphatic carbocycles. The summed E-state index contributed by atoms with van der Waals surface area (Å²) in [6, 6.07) is 17.9. The van der Waals surface area contributed by atoms with E-state index >= 15 is 0 Å². The van der Waals surface area contributed by atoms with Crippen LogP contribution in [0.15, 0.2) is 60.3 Å². The first-order valence-corrected chi connectivity index (χ1v) is 6.54. The van der Waals surface area contributed by atoms with Gasteiger partial charge in [0.15, 0.2) is 0 Å². The van der Waals surface area contributed by atoms with Crippen molar-refractivity contribution in [2.45, 2.75) is 0 Å². The molecule has 0 heterocycles. The van der Waals surface area contributed by atoms with Crippen LogP contribution in [0.4, 0.5) is 0 Å². The number of allylic oxidation sites excluding steroid dienone is 3. The van der Waals surface area contributed by atoms with Gasteiger partial charge < -0.3 is 4.90 Å². The Labute approximate surface area is 124 Å². The van der Waals surface area contributed by atoms with Crippen LogP contribution in [0, 0.1) is 22.7 Å². The molecule has 2 aromatic rings. The van der Waals surface area contributed by atoms with E-state index < -0.39 is 0 Å². The summed E-state index contributed by atoms with van der Waals surface area (Å²) in [4.78, 5) is 1.87. The first-order chi connectivity index (χ1) is 10.2. The van der Waals surface area contributed by atoms with Crippen molar-refractivity contribution in [1.29, 1.82) is 10.5 Å². The van der Waals surface area contributed by atoms with Gasteiger partial charge in [0, 0.05) is 19.7 Å². The molecule has 0 atom stereocenters. The Morgan fingerprint density at radius 1 is 1.00 bits per heavy atom. The second kappa shape index (κ2) is 6.41. The lowest BCUT2D eigenvalue weighted by atomic mass is 9.98. The third-order valence-corrected chi connectivity index (χ3v) is 3.09. The second-order valence-electron chi connectivity index (χ2n) is 4.85. The molecule has 0 aliphatic rings. The lowest BCUT2D eigenvalue weighted by molar-refractivity contribution is 0.564. The monoisotopic (exact) mass is 273 g/mol. The molecule has 0 saturated carbocycles. The molecule has 3 heteroatoms. The standard InChI is InChI=1S/C18H15N3/c1-21(2)10-9-18(17(12-19)13-20)16-8-7-14-5-3-4-6-15(14)11-16/h3-11H,1-2H3/b10-9+. The minimum Gasteiger partial charge on any atom is -0.383 e. The highest BCUT2D eigenvalue weighted by Gasteiger charge is 2.07. The van der Waals surface area contributed by atoms with E-state index in [0.717, 1.165) is 16.3 Å². The van der Waals surface area contributed by atoms with Crippen LogP contribution in [-0.4, -0.2) is 19.0 Å². The second-order valence-corrected chi connectivity index (χ2v) is 4.85. The fraction of sp³-hybridized carbons (Fsp3) is 0.111. The van der Waals surface area contributed by atoms with E-state index in [1.165, 1.54) is 0 Å². The maximum absolute atomic E-state index is 9.16. The van der Waals surface area contributed by atoms with E-state index in [1.807, 2.05) is 79.8 Å². The van der Waals surface area contributed by atoms with Gasteiger partial charge in [0.1, 0.15) is 17.7 Å². The highest BCUT2D eigenvalue weighted by molar-refractivity contribution is 5.90. The number of nitriles is 2. The van der Waals surface area contributed by atoms with Gasteiger partial charge in [-0.25, -0.2) is 0 Å². The minimum atomic E-state index is 0.114. The number of fused-ring (bicyclic) bond motifs is 1. The molecule has 0 bridgehead atoms. The molecule has 0 N–H and O–H groups in total. The summed E-state index contributed by atoms with van der Waals surface area (Å²) in [5, 5.41) is 20.5. The highest BCUT2D eigenvalue weighted by atomic mass is 15.0. The summed E-state index contributed by atoms with van der Waals surface area (Å²) in [6.07, 6.45) is 3.63. The van der Waals surface area contributed by atoms with Crippen LogP contribution in [0.25, 0.3) is 16.3 Å². The third-order valence-electron chi connectivity index (χ3n) is 3.09. The Kier molecular flexibility index (Phi) is 4.39. The molecule has 2 aromatic carbocycles. The Hall–Kier alpha value is -3.04. The first-order valence-electron chi connectivity index (χ1n) is 6.54. The Balaban J connectivity index is 2.62. The number of rotatable bonds is 3. The number of nitrogens with zero attached hydrogens (tertiary/aromatic N) is 3. The largest absolute Gasteiger partial charge is 0.383 e. The summed E-state index contributed by atoms with van der Waals surface area (Å²) >= 11 is 0. The summed E-state index contributed by atoms with van der Waals surface area (Å²) in [6.45, 7) is 0. The normalized spacial score (nSPS) is 10.1. The van der Waals surface area contributed by atoms with Crippen LogP contribution in [-0.2, 0) is 0 Å². The maximum Gasteiger partial charge on any atom is 0.137 e. The summed E-state index contributed by atoms with van der Waals surface area (Å²) < 4.78 is 0. The van der Waals surface area contributed by atoms with Crippen molar-refractivity contribution in [1.82, 2.24) is 4.90 Å². The van der Waals surface area contributed by atoms with E-state index in [2.05, 4.69) is 0 Å². The van der Waals surface area contributed by atoms with E-state index in [0.29, 0.717) is 5.57 Å². The lowest BCUT2D eigenvalue weighted by Gasteiger charge is -2.08. The molecule has 21 heavy (non-hydrogen) atoms. The van der Waals surface area contributed by atoms with Gasteiger partial charge in [-0.2, -0.15) is 10.5 Å². The van der Waals surface area contributed by atoms with Gasteiger partial charge in [0.05, 0.1) is 0 Å². The number of hydrogen-bond acceptors (Lipinski definition) is 3. The van der Waals surface area contributed by atoms with Crippen molar-refractivity contribution in [3.05, 3.63) is 65.9 Å². The summed E-state index contributed by atoms with van der Waals surface area (Å²) in [5.74, 6) is 0. The smallest absolute Gasteiger partial charge is 0.137 e.